The number of hydrogen-bond donors (Lipinski definition) is 0. The van der Waals surface area contributed by atoms with Gasteiger partial charge in [-0.1, -0.05) is 79.1 Å². The Kier molecular flexibility index (Phi) is 11.2. The van der Waals surface area contributed by atoms with Gasteiger partial charge in [0, 0.05) is 9.75 Å². The fourth-order valence-corrected chi connectivity index (χ4v) is 6.13. The van der Waals surface area contributed by atoms with Crippen LogP contribution in [-0.2, 0) is 12.8 Å². The summed E-state index contributed by atoms with van der Waals surface area (Å²) in [6, 6.07) is 2.35. The van der Waals surface area contributed by atoms with Crippen LogP contribution in [0.2, 0.25) is 0 Å². The zero-order chi connectivity index (χ0) is 23.7. The van der Waals surface area contributed by atoms with Crippen molar-refractivity contribution < 1.29 is 18.4 Å². The second kappa shape index (κ2) is 13.3. The van der Waals surface area contributed by atoms with Crippen LogP contribution in [0.4, 0.5) is 8.78 Å². The smallest absolute Gasteiger partial charge is 0.244 e. The quantitative estimate of drug-likeness (QED) is 0.188. The summed E-state index contributed by atoms with van der Waals surface area (Å²) < 4.78 is 29.0. The molecular weight excluding hydrogens is 446 g/mol. The zero-order valence-electron chi connectivity index (χ0n) is 19.8. The first-order valence-electron chi connectivity index (χ1n) is 12.0. The number of carbonyl (C=O) groups excluding carboxylic acids is 2. The molecule has 0 aliphatic heterocycles. The molecule has 0 aliphatic carbocycles. The minimum Gasteiger partial charge on any atom is -0.284 e. The minimum atomic E-state index is -0.743. The molecule has 6 heteroatoms. The van der Waals surface area contributed by atoms with Gasteiger partial charge in [0.25, 0.3) is 0 Å². The molecule has 0 radical (unpaired) electrons. The molecule has 178 valence electrons. The maximum atomic E-state index is 14.5. The van der Waals surface area contributed by atoms with E-state index in [1.54, 1.807) is 0 Å². The molecule has 0 bridgehead atoms. The molecule has 2 aromatic heterocycles. The van der Waals surface area contributed by atoms with Gasteiger partial charge in [0.05, 0.1) is 9.75 Å². The molecule has 0 amide bonds. The molecule has 0 aliphatic rings. The van der Waals surface area contributed by atoms with Crippen molar-refractivity contribution in [1.29, 1.82) is 0 Å². The first-order valence-corrected chi connectivity index (χ1v) is 13.6. The summed E-state index contributed by atoms with van der Waals surface area (Å²) in [5, 5.41) is 0. The Morgan fingerprint density at radius 1 is 0.750 bits per heavy atom. The lowest BCUT2D eigenvalue weighted by Crippen LogP contribution is -2.11. The second-order valence-corrected chi connectivity index (χ2v) is 10.9. The average Bonchev–Trinajstić information content (AvgIpc) is 3.34. The predicted molar refractivity (Wildman–Crippen MR) is 131 cm³/mol. The lowest BCUT2D eigenvalue weighted by Gasteiger charge is -2.12. The Bertz CT molecular complexity index is 812. The average molecular weight is 483 g/mol. The fourth-order valence-electron chi connectivity index (χ4n) is 3.95. The summed E-state index contributed by atoms with van der Waals surface area (Å²) in [6.07, 6.45) is 9.52. The van der Waals surface area contributed by atoms with Gasteiger partial charge in [-0.2, -0.15) is 0 Å². The molecule has 0 saturated carbocycles. The van der Waals surface area contributed by atoms with Gasteiger partial charge >= 0.3 is 0 Å². The highest BCUT2D eigenvalue weighted by atomic mass is 32.1. The number of unbranched alkanes of at least 4 members (excludes halogenated alkanes) is 2. The Hall–Kier alpha value is -1.40. The highest BCUT2D eigenvalue weighted by Gasteiger charge is 2.26. The van der Waals surface area contributed by atoms with Crippen molar-refractivity contribution in [3.05, 3.63) is 43.3 Å². The molecule has 2 aromatic rings. The van der Waals surface area contributed by atoms with E-state index in [-0.39, 0.29) is 9.75 Å². The molecule has 0 aromatic carbocycles. The van der Waals surface area contributed by atoms with Gasteiger partial charge in [0.1, 0.15) is 11.6 Å². The number of halogens is 2. The topological polar surface area (TPSA) is 34.1 Å². The van der Waals surface area contributed by atoms with Crippen LogP contribution in [0.25, 0.3) is 0 Å². The number of hydrogen-bond acceptors (Lipinski definition) is 4. The van der Waals surface area contributed by atoms with Crippen LogP contribution in [0.15, 0.2) is 12.1 Å². The molecule has 2 rings (SSSR count). The van der Waals surface area contributed by atoms with E-state index < -0.39 is 23.2 Å². The number of thiophene rings is 2. The standard InChI is InChI=1S/C26H36F2O2S2/c1-5-9-11-17(7-3)13-21-19(27)15-23(31-21)25(29)26(30)24-16-20(28)22(32-24)14-18(8-4)12-10-6-2/h15-18H,5-14H2,1-4H3. The van der Waals surface area contributed by atoms with Crippen LogP contribution in [0.3, 0.4) is 0 Å². The Labute approximate surface area is 199 Å². The Morgan fingerprint density at radius 3 is 1.44 bits per heavy atom. The Morgan fingerprint density at radius 2 is 1.12 bits per heavy atom. The van der Waals surface area contributed by atoms with E-state index in [0.717, 1.165) is 74.0 Å². The molecule has 2 atom stereocenters. The van der Waals surface area contributed by atoms with E-state index in [1.807, 2.05) is 0 Å². The van der Waals surface area contributed by atoms with Crippen molar-refractivity contribution in [2.24, 2.45) is 11.8 Å². The lowest BCUT2D eigenvalue weighted by atomic mass is 9.95. The molecule has 2 unspecified atom stereocenters. The highest BCUT2D eigenvalue weighted by Crippen LogP contribution is 2.31. The van der Waals surface area contributed by atoms with Crippen LogP contribution in [-0.4, -0.2) is 11.6 Å². The van der Waals surface area contributed by atoms with Gasteiger partial charge in [0.15, 0.2) is 0 Å². The normalized spacial score (nSPS) is 13.3. The van der Waals surface area contributed by atoms with Crippen LogP contribution in [0.5, 0.6) is 0 Å². The van der Waals surface area contributed by atoms with Gasteiger partial charge in [-0.15, -0.1) is 22.7 Å². The van der Waals surface area contributed by atoms with Crippen molar-refractivity contribution in [3.8, 4) is 0 Å². The van der Waals surface area contributed by atoms with Gasteiger partial charge in [0.2, 0.25) is 11.6 Å². The summed E-state index contributed by atoms with van der Waals surface area (Å²) >= 11 is 2.14. The maximum absolute atomic E-state index is 14.5. The monoisotopic (exact) mass is 482 g/mol. The molecule has 0 N–H and O–H groups in total. The predicted octanol–water partition coefficient (Wildman–Crippen LogP) is 8.67. The van der Waals surface area contributed by atoms with Gasteiger partial charge in [-0.25, -0.2) is 8.78 Å². The molecule has 32 heavy (non-hydrogen) atoms. The van der Waals surface area contributed by atoms with Crippen molar-refractivity contribution in [1.82, 2.24) is 0 Å². The third kappa shape index (κ3) is 7.31. The van der Waals surface area contributed by atoms with Crippen molar-refractivity contribution in [3.63, 3.8) is 0 Å². The minimum absolute atomic E-state index is 0.109. The van der Waals surface area contributed by atoms with Crippen LogP contribution < -0.4 is 0 Å². The molecule has 0 saturated heterocycles. The van der Waals surface area contributed by atoms with Crippen LogP contribution in [0, 0.1) is 23.5 Å². The lowest BCUT2D eigenvalue weighted by molar-refractivity contribution is 0.0821. The largest absolute Gasteiger partial charge is 0.284 e. The van der Waals surface area contributed by atoms with Gasteiger partial charge in [-0.3, -0.25) is 9.59 Å². The van der Waals surface area contributed by atoms with Crippen molar-refractivity contribution in [2.75, 3.05) is 0 Å². The van der Waals surface area contributed by atoms with E-state index in [2.05, 4.69) is 27.7 Å². The zero-order valence-corrected chi connectivity index (χ0v) is 21.4. The van der Waals surface area contributed by atoms with Gasteiger partial charge in [-0.05, 0) is 36.8 Å². The number of ketones is 2. The van der Waals surface area contributed by atoms with E-state index in [9.17, 15) is 18.4 Å². The van der Waals surface area contributed by atoms with E-state index >= 15 is 0 Å². The summed E-state index contributed by atoms with van der Waals surface area (Å²) in [5.74, 6) is -1.58. The van der Waals surface area contributed by atoms with Crippen LogP contribution >= 0.6 is 22.7 Å². The Balaban J connectivity index is 2.11. The van der Waals surface area contributed by atoms with E-state index in [4.69, 9.17) is 0 Å². The summed E-state index contributed by atoms with van der Waals surface area (Å²) in [5.41, 5.74) is 0. The molecule has 2 heterocycles. The maximum Gasteiger partial charge on any atom is 0.244 e. The highest BCUT2D eigenvalue weighted by molar-refractivity contribution is 7.17. The third-order valence-electron chi connectivity index (χ3n) is 6.20. The first kappa shape index (κ1) is 26.8. The van der Waals surface area contributed by atoms with E-state index in [0.29, 0.717) is 34.4 Å². The van der Waals surface area contributed by atoms with Crippen LogP contribution in [0.1, 0.15) is 108 Å². The number of Topliss-reactive ketones (excluding diaryl/α,β-unsaturated/α-hetero) is 2. The fraction of sp³-hybridized carbons (Fsp3) is 0.615. The number of carbonyl (C=O) groups is 2. The summed E-state index contributed by atoms with van der Waals surface area (Å²) in [6.45, 7) is 8.45. The van der Waals surface area contributed by atoms with Crippen molar-refractivity contribution >= 4 is 34.2 Å². The third-order valence-corrected chi connectivity index (χ3v) is 8.47. The molecular formula is C26H36F2O2S2. The van der Waals surface area contributed by atoms with Gasteiger partial charge < -0.3 is 0 Å². The summed E-state index contributed by atoms with van der Waals surface area (Å²) in [4.78, 5) is 26.8. The molecule has 0 spiro atoms. The molecule has 2 nitrogen and oxygen atoms in total. The van der Waals surface area contributed by atoms with Crippen molar-refractivity contribution in [2.45, 2.75) is 91.9 Å². The number of rotatable bonds is 15. The first-order chi connectivity index (χ1) is 15.3. The summed E-state index contributed by atoms with van der Waals surface area (Å²) in [7, 11) is 0. The SMILES string of the molecule is CCCCC(CC)Cc1sc(C(=O)C(=O)c2cc(F)c(CC(CC)CCCC)s2)cc1F. The second-order valence-electron chi connectivity index (χ2n) is 8.66. The molecule has 0 fully saturated rings. The van der Waals surface area contributed by atoms with E-state index in [1.165, 1.54) is 12.1 Å².